The first-order chi connectivity index (χ1) is 9.98. The Kier molecular flexibility index (Phi) is 4.73. The second-order valence-electron chi connectivity index (χ2n) is 4.54. The van der Waals surface area contributed by atoms with Crippen LogP contribution in [0.15, 0.2) is 29.4 Å². The molecule has 0 aliphatic carbocycles. The number of para-hydroxylation sites is 1. The predicted octanol–water partition coefficient (Wildman–Crippen LogP) is -0.167. The lowest BCUT2D eigenvalue weighted by Gasteiger charge is -2.37. The highest BCUT2D eigenvalue weighted by Gasteiger charge is 2.36. The Morgan fingerprint density at radius 3 is 2.95 bits per heavy atom. The van der Waals surface area contributed by atoms with Crippen LogP contribution in [-0.4, -0.2) is 42.1 Å². The van der Waals surface area contributed by atoms with Crippen molar-refractivity contribution in [3.63, 3.8) is 0 Å². The third-order valence-electron chi connectivity index (χ3n) is 2.94. The van der Waals surface area contributed by atoms with Crippen LogP contribution in [0.1, 0.15) is 6.92 Å². The number of guanidine groups is 1. The van der Waals surface area contributed by atoms with Gasteiger partial charge in [0.2, 0.25) is 5.69 Å². The number of hydrogen-bond donors (Lipinski definition) is 4. The Morgan fingerprint density at radius 2 is 2.24 bits per heavy atom. The summed E-state index contributed by atoms with van der Waals surface area (Å²) in [6.07, 6.45) is -0.857. The highest BCUT2D eigenvalue weighted by molar-refractivity contribution is 5.97. The highest BCUT2D eigenvalue weighted by Crippen LogP contribution is 2.37. The van der Waals surface area contributed by atoms with E-state index in [9.17, 15) is 15.5 Å². The maximum Gasteiger partial charge on any atom is 0.283 e. The van der Waals surface area contributed by atoms with Gasteiger partial charge >= 0.3 is 0 Å². The standard InChI is InChI=1S/C12H19N5O4/c1-2-14-7-9(18)8-21-17(20)11-6-4-3-5-10(11)16(19)12(13)15-17/h3-6,9,14,18-19H,2,7-8H2,1H3,(H2,13,15). The van der Waals surface area contributed by atoms with Gasteiger partial charge in [0.1, 0.15) is 12.3 Å². The molecule has 0 amide bonds. The van der Waals surface area contributed by atoms with E-state index in [2.05, 4.69) is 10.4 Å². The summed E-state index contributed by atoms with van der Waals surface area (Å²) in [7, 11) is 0. The first kappa shape index (κ1) is 15.6. The molecule has 0 aromatic heterocycles. The number of nitrogens with one attached hydrogen (secondary N) is 1. The second kappa shape index (κ2) is 6.35. The van der Waals surface area contributed by atoms with Crippen molar-refractivity contribution in [1.82, 2.24) is 10.2 Å². The number of nitrogens with zero attached hydrogens (tertiary/aromatic N) is 3. The molecule has 0 bridgehead atoms. The van der Waals surface area contributed by atoms with Crippen LogP contribution >= 0.6 is 0 Å². The molecule has 2 unspecified atom stereocenters. The maximum atomic E-state index is 12.7. The zero-order valence-corrected chi connectivity index (χ0v) is 11.6. The van der Waals surface area contributed by atoms with E-state index in [1.54, 1.807) is 12.1 Å². The number of likely N-dealkylation sites (N-methyl/N-ethyl adjacent to an activating group) is 1. The normalized spacial score (nSPS) is 22.7. The number of aliphatic hydroxyl groups excluding tert-OH is 1. The maximum absolute atomic E-state index is 12.7. The number of aliphatic hydroxyl groups is 1. The minimum absolute atomic E-state index is 0.0739. The van der Waals surface area contributed by atoms with Crippen LogP contribution in [-0.2, 0) is 4.84 Å². The number of fused-ring (bicyclic) bond motifs is 1. The largest absolute Gasteiger partial charge is 0.565 e. The molecule has 0 saturated carbocycles. The lowest BCUT2D eigenvalue weighted by Crippen LogP contribution is -2.50. The summed E-state index contributed by atoms with van der Waals surface area (Å²) in [5.41, 5.74) is 5.77. The van der Waals surface area contributed by atoms with E-state index in [1.165, 1.54) is 12.1 Å². The highest BCUT2D eigenvalue weighted by atomic mass is 17.0. The molecule has 9 heteroatoms. The van der Waals surface area contributed by atoms with Crippen molar-refractivity contribution in [2.24, 2.45) is 10.8 Å². The van der Waals surface area contributed by atoms with Crippen LogP contribution in [0.3, 0.4) is 0 Å². The molecular weight excluding hydrogens is 278 g/mol. The third kappa shape index (κ3) is 3.29. The zero-order valence-electron chi connectivity index (χ0n) is 11.6. The third-order valence-corrected chi connectivity index (χ3v) is 2.94. The summed E-state index contributed by atoms with van der Waals surface area (Å²) in [5.74, 6) is -0.384. The van der Waals surface area contributed by atoms with Crippen molar-refractivity contribution < 1.29 is 15.2 Å². The lowest BCUT2D eigenvalue weighted by molar-refractivity contribution is -0.137. The molecular formula is C12H19N5O4. The molecule has 1 aromatic rings. The molecule has 116 valence electrons. The van der Waals surface area contributed by atoms with E-state index in [-0.39, 0.29) is 23.9 Å². The van der Waals surface area contributed by atoms with Crippen LogP contribution in [0.5, 0.6) is 0 Å². The SMILES string of the molecule is CCNCC(O)CO[N+]1([O-])N=C(N)N(O)c2ccccc21. The van der Waals surface area contributed by atoms with Crippen molar-refractivity contribution in [3.05, 3.63) is 29.5 Å². The van der Waals surface area contributed by atoms with E-state index in [1.807, 2.05) is 6.92 Å². The number of hydrogen-bond acceptors (Lipinski definition) is 8. The molecule has 2 rings (SSSR count). The lowest BCUT2D eigenvalue weighted by atomic mass is 10.2. The Labute approximate surface area is 121 Å². The van der Waals surface area contributed by atoms with Crippen LogP contribution in [0, 0.1) is 5.21 Å². The fourth-order valence-electron chi connectivity index (χ4n) is 1.89. The zero-order chi connectivity index (χ0) is 15.5. The number of benzene rings is 1. The van der Waals surface area contributed by atoms with Gasteiger partial charge in [0.15, 0.2) is 0 Å². The van der Waals surface area contributed by atoms with Gasteiger partial charge in [-0.15, -0.1) is 0 Å². The van der Waals surface area contributed by atoms with Crippen molar-refractivity contribution in [2.45, 2.75) is 13.0 Å². The number of anilines is 1. The van der Waals surface area contributed by atoms with Crippen LogP contribution in [0.25, 0.3) is 0 Å². The molecule has 0 radical (unpaired) electrons. The Bertz CT molecular complexity index is 526. The first-order valence-electron chi connectivity index (χ1n) is 6.55. The second-order valence-corrected chi connectivity index (χ2v) is 4.54. The average Bonchev–Trinajstić information content (AvgIpc) is 2.49. The van der Waals surface area contributed by atoms with Crippen molar-refractivity contribution >= 4 is 17.3 Å². The molecule has 1 aromatic carbocycles. The van der Waals surface area contributed by atoms with Crippen molar-refractivity contribution in [2.75, 3.05) is 24.8 Å². The Morgan fingerprint density at radius 1 is 1.52 bits per heavy atom. The van der Waals surface area contributed by atoms with Gasteiger partial charge < -0.3 is 21.4 Å². The van der Waals surface area contributed by atoms with Gasteiger partial charge in [-0.2, -0.15) is 9.90 Å². The summed E-state index contributed by atoms with van der Waals surface area (Å²) in [6, 6.07) is 6.25. The van der Waals surface area contributed by atoms with Crippen molar-refractivity contribution in [3.8, 4) is 0 Å². The number of nitrogens with two attached hydrogens (primary N) is 1. The Balaban J connectivity index is 2.16. The Hall–Kier alpha value is -1.75. The fraction of sp³-hybridized carbons (Fsp3) is 0.417. The smallest absolute Gasteiger partial charge is 0.283 e. The quantitative estimate of drug-likeness (QED) is 0.424. The summed E-state index contributed by atoms with van der Waals surface area (Å²) < 4.78 is 0. The molecule has 2 atom stereocenters. The van der Waals surface area contributed by atoms with E-state index in [0.29, 0.717) is 18.2 Å². The monoisotopic (exact) mass is 297 g/mol. The van der Waals surface area contributed by atoms with Gasteiger partial charge in [-0.25, -0.2) is 0 Å². The van der Waals surface area contributed by atoms with E-state index < -0.39 is 11.0 Å². The van der Waals surface area contributed by atoms with Gasteiger partial charge in [0.05, 0.1) is 6.10 Å². The summed E-state index contributed by atoms with van der Waals surface area (Å²) >= 11 is 0. The molecule has 5 N–H and O–H groups in total. The molecule has 0 fully saturated rings. The van der Waals surface area contributed by atoms with Gasteiger partial charge in [0.25, 0.3) is 5.96 Å². The van der Waals surface area contributed by atoms with Gasteiger partial charge in [-0.3, -0.25) is 5.21 Å². The fourth-order valence-corrected chi connectivity index (χ4v) is 1.89. The average molecular weight is 297 g/mol. The molecule has 1 heterocycles. The van der Waals surface area contributed by atoms with Gasteiger partial charge in [-0.05, 0) is 22.6 Å². The van der Waals surface area contributed by atoms with E-state index in [0.717, 1.165) is 0 Å². The topological polar surface area (TPSA) is 126 Å². The van der Waals surface area contributed by atoms with Crippen LogP contribution in [0.2, 0.25) is 0 Å². The molecule has 0 spiro atoms. The predicted molar refractivity (Wildman–Crippen MR) is 78.0 cm³/mol. The minimum Gasteiger partial charge on any atom is -0.565 e. The van der Waals surface area contributed by atoms with E-state index in [4.69, 9.17) is 10.6 Å². The molecule has 1 aliphatic rings. The number of hydroxylamine groups is 1. The van der Waals surface area contributed by atoms with Gasteiger partial charge in [0, 0.05) is 12.6 Å². The summed E-state index contributed by atoms with van der Waals surface area (Å²) in [6.45, 7) is 2.66. The summed E-state index contributed by atoms with van der Waals surface area (Å²) in [5, 5.41) is 39.3. The summed E-state index contributed by atoms with van der Waals surface area (Å²) in [4.78, 5) is 3.62. The van der Waals surface area contributed by atoms with Crippen LogP contribution < -0.4 is 21.0 Å². The van der Waals surface area contributed by atoms with E-state index >= 15 is 0 Å². The number of rotatable bonds is 6. The molecule has 1 aliphatic heterocycles. The number of quaternary nitrogens is 1. The van der Waals surface area contributed by atoms with Gasteiger partial charge in [-0.1, -0.05) is 19.1 Å². The molecule has 0 saturated heterocycles. The first-order valence-corrected chi connectivity index (χ1v) is 6.55. The molecule has 21 heavy (non-hydrogen) atoms. The molecule has 9 nitrogen and oxygen atoms in total. The minimum atomic E-state index is -1.54. The van der Waals surface area contributed by atoms with Crippen molar-refractivity contribution in [1.29, 1.82) is 0 Å². The van der Waals surface area contributed by atoms with Crippen LogP contribution in [0.4, 0.5) is 11.4 Å².